The van der Waals surface area contributed by atoms with Gasteiger partial charge in [0.2, 0.25) is 5.91 Å². The molecule has 1 unspecified atom stereocenters. The van der Waals surface area contributed by atoms with Crippen LogP contribution in [0.2, 0.25) is 0 Å². The van der Waals surface area contributed by atoms with Crippen LogP contribution in [-0.2, 0) is 16.0 Å². The summed E-state index contributed by atoms with van der Waals surface area (Å²) in [6.07, 6.45) is 0.393. The highest BCUT2D eigenvalue weighted by molar-refractivity contribution is 6.08. The normalized spacial score (nSPS) is 15.7. The number of carbonyl (C=O) groups excluding carboxylic acids is 3. The van der Waals surface area contributed by atoms with Crippen LogP contribution in [0.4, 0.5) is 10.5 Å². The van der Waals surface area contributed by atoms with Crippen LogP contribution in [-0.4, -0.2) is 35.3 Å². The van der Waals surface area contributed by atoms with Crippen molar-refractivity contribution in [2.24, 2.45) is 0 Å². The molecule has 0 aromatic heterocycles. The molecular weight excluding hydrogens is 378 g/mol. The number of amides is 4. The summed E-state index contributed by atoms with van der Waals surface area (Å²) < 4.78 is 0. The highest BCUT2D eigenvalue weighted by atomic mass is 16.2. The third-order valence-corrected chi connectivity index (χ3v) is 4.97. The minimum Gasteiger partial charge on any atom is -0.325 e. The summed E-state index contributed by atoms with van der Waals surface area (Å²) >= 11 is 0. The van der Waals surface area contributed by atoms with E-state index in [1.807, 2.05) is 72.8 Å². The van der Waals surface area contributed by atoms with Gasteiger partial charge < -0.3 is 10.6 Å². The summed E-state index contributed by atoms with van der Waals surface area (Å²) in [5.41, 5.74) is 3.67. The Morgan fingerprint density at radius 1 is 0.833 bits per heavy atom. The molecule has 150 valence electrons. The highest BCUT2D eigenvalue weighted by Gasteiger charge is 2.38. The Bertz CT molecular complexity index is 1050. The van der Waals surface area contributed by atoms with Gasteiger partial charge in [-0.05, 0) is 28.8 Å². The Morgan fingerprint density at radius 3 is 2.10 bits per heavy atom. The molecule has 0 spiro atoms. The first-order chi connectivity index (χ1) is 14.6. The molecular formula is C24H21N3O3. The first-order valence-corrected chi connectivity index (χ1v) is 9.71. The number of urea groups is 1. The summed E-state index contributed by atoms with van der Waals surface area (Å²) in [6, 6.07) is 25.6. The van der Waals surface area contributed by atoms with Gasteiger partial charge >= 0.3 is 6.03 Å². The molecule has 2 N–H and O–H groups in total. The molecule has 3 aromatic rings. The van der Waals surface area contributed by atoms with Gasteiger partial charge in [0.1, 0.15) is 12.6 Å². The Morgan fingerprint density at radius 2 is 1.43 bits per heavy atom. The second kappa shape index (κ2) is 8.61. The smallest absolute Gasteiger partial charge is 0.325 e. The molecule has 6 heteroatoms. The maximum Gasteiger partial charge on any atom is 0.325 e. The van der Waals surface area contributed by atoms with Gasteiger partial charge in [-0.3, -0.25) is 14.5 Å². The van der Waals surface area contributed by atoms with Gasteiger partial charge in [-0.2, -0.15) is 0 Å². The van der Waals surface area contributed by atoms with Crippen LogP contribution in [0.25, 0.3) is 11.1 Å². The Balaban J connectivity index is 1.35. The lowest BCUT2D eigenvalue weighted by molar-refractivity contribution is -0.130. The van der Waals surface area contributed by atoms with Crippen molar-refractivity contribution in [1.29, 1.82) is 0 Å². The zero-order chi connectivity index (χ0) is 20.9. The molecule has 1 fully saturated rings. The second-order valence-electron chi connectivity index (χ2n) is 7.11. The Hall–Kier alpha value is -3.93. The lowest BCUT2D eigenvalue weighted by atomic mass is 10.1. The number of rotatable bonds is 6. The number of hydrogen-bond donors (Lipinski definition) is 2. The predicted molar refractivity (Wildman–Crippen MR) is 115 cm³/mol. The Labute approximate surface area is 174 Å². The number of nitrogens with one attached hydrogen (secondary N) is 2. The molecule has 3 aromatic carbocycles. The van der Waals surface area contributed by atoms with Crippen molar-refractivity contribution < 1.29 is 14.4 Å². The maximum atomic E-state index is 12.6. The number of benzene rings is 3. The van der Waals surface area contributed by atoms with Crippen molar-refractivity contribution in [3.05, 3.63) is 90.5 Å². The van der Waals surface area contributed by atoms with Gasteiger partial charge in [0.05, 0.1) is 0 Å². The third-order valence-electron chi connectivity index (χ3n) is 4.97. The zero-order valence-corrected chi connectivity index (χ0v) is 16.2. The summed E-state index contributed by atoms with van der Waals surface area (Å²) in [6.45, 7) is -0.323. The average molecular weight is 399 g/mol. The largest absolute Gasteiger partial charge is 0.325 e. The van der Waals surface area contributed by atoms with E-state index < -0.39 is 23.9 Å². The van der Waals surface area contributed by atoms with Gasteiger partial charge in [0, 0.05) is 12.1 Å². The molecule has 4 amide bonds. The van der Waals surface area contributed by atoms with Gasteiger partial charge in [-0.1, -0.05) is 72.8 Å². The minimum absolute atomic E-state index is 0.323. The van der Waals surface area contributed by atoms with E-state index in [2.05, 4.69) is 10.6 Å². The van der Waals surface area contributed by atoms with Crippen molar-refractivity contribution in [2.75, 3.05) is 11.9 Å². The van der Waals surface area contributed by atoms with Gasteiger partial charge in [0.15, 0.2) is 0 Å². The molecule has 1 saturated heterocycles. The van der Waals surface area contributed by atoms with Crippen LogP contribution in [0, 0.1) is 0 Å². The SMILES string of the molecule is O=C(CN1C(=O)NC(Cc2ccccc2)C1=O)Nc1ccc(-c2ccccc2)cc1. The number of carbonyl (C=O) groups is 3. The number of hydrogen-bond acceptors (Lipinski definition) is 3. The van der Waals surface area contributed by atoms with Gasteiger partial charge in [-0.25, -0.2) is 4.79 Å². The van der Waals surface area contributed by atoms with Crippen molar-refractivity contribution in [1.82, 2.24) is 10.2 Å². The van der Waals surface area contributed by atoms with Crippen LogP contribution in [0.1, 0.15) is 5.56 Å². The third kappa shape index (κ3) is 4.38. The number of imide groups is 1. The lowest BCUT2D eigenvalue weighted by Gasteiger charge is -2.13. The van der Waals surface area contributed by atoms with Crippen LogP contribution < -0.4 is 10.6 Å². The van der Waals surface area contributed by atoms with E-state index in [9.17, 15) is 14.4 Å². The van der Waals surface area contributed by atoms with Crippen LogP contribution >= 0.6 is 0 Å². The van der Waals surface area contributed by atoms with Crippen LogP contribution in [0.3, 0.4) is 0 Å². The minimum atomic E-state index is -0.655. The van der Waals surface area contributed by atoms with E-state index in [1.54, 1.807) is 12.1 Å². The molecule has 0 saturated carbocycles. The van der Waals surface area contributed by atoms with Crippen LogP contribution in [0.5, 0.6) is 0 Å². The molecule has 30 heavy (non-hydrogen) atoms. The first-order valence-electron chi connectivity index (χ1n) is 9.71. The molecule has 6 nitrogen and oxygen atoms in total. The van der Waals surface area contributed by atoms with Crippen molar-refractivity contribution >= 4 is 23.5 Å². The molecule has 0 radical (unpaired) electrons. The van der Waals surface area contributed by atoms with E-state index in [0.29, 0.717) is 12.1 Å². The van der Waals surface area contributed by atoms with Gasteiger partial charge in [0.25, 0.3) is 5.91 Å². The zero-order valence-electron chi connectivity index (χ0n) is 16.2. The fourth-order valence-electron chi connectivity index (χ4n) is 3.44. The summed E-state index contributed by atoms with van der Waals surface area (Å²) in [5, 5.41) is 5.39. The Kier molecular flexibility index (Phi) is 5.57. The van der Waals surface area contributed by atoms with E-state index in [1.165, 1.54) is 0 Å². The predicted octanol–water partition coefficient (Wildman–Crippen LogP) is 3.46. The van der Waals surface area contributed by atoms with E-state index in [4.69, 9.17) is 0 Å². The lowest BCUT2D eigenvalue weighted by Crippen LogP contribution is -2.38. The van der Waals surface area contributed by atoms with E-state index >= 15 is 0 Å². The molecule has 0 aliphatic carbocycles. The monoisotopic (exact) mass is 399 g/mol. The molecule has 0 bridgehead atoms. The fraction of sp³-hybridized carbons (Fsp3) is 0.125. The van der Waals surface area contributed by atoms with E-state index in [-0.39, 0.29) is 6.54 Å². The van der Waals surface area contributed by atoms with E-state index in [0.717, 1.165) is 21.6 Å². The molecule has 1 atom stereocenters. The van der Waals surface area contributed by atoms with Crippen LogP contribution in [0.15, 0.2) is 84.9 Å². The highest BCUT2D eigenvalue weighted by Crippen LogP contribution is 2.21. The van der Waals surface area contributed by atoms with Crippen molar-refractivity contribution in [2.45, 2.75) is 12.5 Å². The molecule has 1 aliphatic heterocycles. The average Bonchev–Trinajstić information content (AvgIpc) is 3.03. The summed E-state index contributed by atoms with van der Waals surface area (Å²) in [5.74, 6) is -0.815. The summed E-state index contributed by atoms with van der Waals surface area (Å²) in [4.78, 5) is 38.1. The summed E-state index contributed by atoms with van der Waals surface area (Å²) in [7, 11) is 0. The van der Waals surface area contributed by atoms with Crippen molar-refractivity contribution in [3.8, 4) is 11.1 Å². The fourth-order valence-corrected chi connectivity index (χ4v) is 3.44. The topological polar surface area (TPSA) is 78.5 Å². The number of anilines is 1. The quantitative estimate of drug-likeness (QED) is 0.623. The first kappa shape index (κ1) is 19.4. The van der Waals surface area contributed by atoms with Crippen molar-refractivity contribution in [3.63, 3.8) is 0 Å². The molecule has 4 rings (SSSR count). The standard InChI is InChI=1S/C24H21N3O3/c28-22(25-20-13-11-19(12-14-20)18-9-5-2-6-10-18)16-27-23(29)21(26-24(27)30)15-17-7-3-1-4-8-17/h1-14,21H,15-16H2,(H,25,28)(H,26,30). The maximum absolute atomic E-state index is 12.6. The van der Waals surface area contributed by atoms with Gasteiger partial charge in [-0.15, -0.1) is 0 Å². The number of nitrogens with zero attached hydrogens (tertiary/aromatic N) is 1. The molecule has 1 aliphatic rings. The molecule has 1 heterocycles. The second-order valence-corrected chi connectivity index (χ2v) is 7.11.